The molecule has 2 aliphatic rings. The van der Waals surface area contributed by atoms with Gasteiger partial charge in [0.05, 0.1) is 17.7 Å². The zero-order valence-corrected chi connectivity index (χ0v) is 22.4. The normalized spacial score (nSPS) is 15.1. The van der Waals surface area contributed by atoms with Crippen LogP contribution in [0.15, 0.2) is 67.4 Å². The van der Waals surface area contributed by atoms with Crippen LogP contribution in [-0.2, 0) is 11.2 Å². The summed E-state index contributed by atoms with van der Waals surface area (Å²) in [6.07, 6.45) is 6.53. The molecule has 0 aliphatic carbocycles. The molecule has 2 aromatic carbocycles. The lowest BCUT2D eigenvalue weighted by Crippen LogP contribution is -2.26. The summed E-state index contributed by atoms with van der Waals surface area (Å²) in [5.74, 6) is 1.53. The SMILES string of the molecule is C=CC(=O)N1CCc2ccc(-c3c(-c4cccc(OCCN5CCCC5)c4)[nH]c4nccc(OCC)c34)cc21. The van der Waals surface area contributed by atoms with Gasteiger partial charge in [-0.25, -0.2) is 4.98 Å². The molecule has 0 radical (unpaired) electrons. The van der Waals surface area contributed by atoms with Crippen LogP contribution in [0.1, 0.15) is 25.3 Å². The summed E-state index contributed by atoms with van der Waals surface area (Å²) < 4.78 is 12.2. The quantitative estimate of drug-likeness (QED) is 0.280. The van der Waals surface area contributed by atoms with E-state index < -0.39 is 0 Å². The average Bonchev–Trinajstić information content (AvgIpc) is 3.71. The number of ether oxygens (including phenoxy) is 2. The fourth-order valence-electron chi connectivity index (χ4n) is 5.78. The fourth-order valence-corrected chi connectivity index (χ4v) is 5.78. The summed E-state index contributed by atoms with van der Waals surface area (Å²) in [4.78, 5) is 25.1. The highest BCUT2D eigenvalue weighted by molar-refractivity contribution is 6.07. The number of carbonyl (C=O) groups is 1. The molecule has 200 valence electrons. The highest BCUT2D eigenvalue weighted by Crippen LogP contribution is 2.44. The Hall–Kier alpha value is -4.10. The first-order chi connectivity index (χ1) is 19.2. The van der Waals surface area contributed by atoms with Crippen LogP contribution >= 0.6 is 0 Å². The van der Waals surface area contributed by atoms with Gasteiger partial charge >= 0.3 is 0 Å². The number of hydrogen-bond donors (Lipinski definition) is 1. The van der Waals surface area contributed by atoms with Gasteiger partial charge in [-0.2, -0.15) is 0 Å². The minimum absolute atomic E-state index is 0.0829. The van der Waals surface area contributed by atoms with E-state index in [1.807, 2.05) is 25.1 Å². The summed E-state index contributed by atoms with van der Waals surface area (Å²) in [7, 11) is 0. The number of H-pyrrole nitrogens is 1. The standard InChI is InChI=1S/C32H34N4O3/c1-3-28(37)36-17-13-22-10-11-23(21-26(22)36)29-30-27(38-4-2)12-14-33-32(30)34-31(29)24-8-7-9-25(20-24)39-19-18-35-15-5-6-16-35/h3,7-12,14,20-21H,1,4-6,13,15-19H2,2H3,(H,33,34). The van der Waals surface area contributed by atoms with Crippen LogP contribution in [0.25, 0.3) is 33.4 Å². The number of aromatic nitrogens is 2. The molecule has 7 nitrogen and oxygen atoms in total. The molecule has 39 heavy (non-hydrogen) atoms. The zero-order chi connectivity index (χ0) is 26.8. The van der Waals surface area contributed by atoms with Crippen LogP contribution in [0.2, 0.25) is 0 Å². The van der Waals surface area contributed by atoms with Crippen molar-refractivity contribution in [3.63, 3.8) is 0 Å². The number of anilines is 1. The van der Waals surface area contributed by atoms with E-state index in [0.29, 0.717) is 19.8 Å². The molecule has 0 atom stereocenters. The number of aromatic amines is 1. The fraction of sp³-hybridized carbons (Fsp3) is 0.312. The zero-order valence-electron chi connectivity index (χ0n) is 22.4. The number of benzene rings is 2. The molecule has 7 heteroatoms. The molecule has 0 unspecified atom stereocenters. The van der Waals surface area contributed by atoms with E-state index in [0.717, 1.165) is 82.2 Å². The molecular formula is C32H34N4O3. The smallest absolute Gasteiger partial charge is 0.250 e. The molecule has 1 amide bonds. The number of carbonyl (C=O) groups excluding carboxylic acids is 1. The van der Waals surface area contributed by atoms with E-state index in [9.17, 15) is 4.79 Å². The van der Waals surface area contributed by atoms with Crippen molar-refractivity contribution in [2.75, 3.05) is 44.3 Å². The second-order valence-electron chi connectivity index (χ2n) is 10.1. The minimum atomic E-state index is -0.0829. The summed E-state index contributed by atoms with van der Waals surface area (Å²) >= 11 is 0. The van der Waals surface area contributed by atoms with Crippen LogP contribution in [0, 0.1) is 0 Å². The topological polar surface area (TPSA) is 70.7 Å². The van der Waals surface area contributed by atoms with Crippen molar-refractivity contribution in [1.29, 1.82) is 0 Å². The lowest BCUT2D eigenvalue weighted by atomic mass is 9.96. The van der Waals surface area contributed by atoms with E-state index in [1.165, 1.54) is 18.9 Å². The van der Waals surface area contributed by atoms with E-state index in [2.05, 4.69) is 51.8 Å². The van der Waals surface area contributed by atoms with Crippen LogP contribution in [0.5, 0.6) is 11.5 Å². The number of nitrogens with zero attached hydrogens (tertiary/aromatic N) is 3. The van der Waals surface area contributed by atoms with Crippen molar-refractivity contribution in [1.82, 2.24) is 14.9 Å². The van der Waals surface area contributed by atoms with Gasteiger partial charge in [-0.15, -0.1) is 0 Å². The molecule has 1 saturated heterocycles. The number of amides is 1. The molecule has 4 heterocycles. The molecule has 4 aromatic rings. The maximum Gasteiger partial charge on any atom is 0.250 e. The van der Waals surface area contributed by atoms with Gasteiger partial charge in [-0.05, 0) is 80.7 Å². The van der Waals surface area contributed by atoms with Crippen molar-refractivity contribution in [2.24, 2.45) is 0 Å². The van der Waals surface area contributed by atoms with Gasteiger partial charge in [-0.1, -0.05) is 30.8 Å². The predicted molar refractivity (Wildman–Crippen MR) is 156 cm³/mol. The van der Waals surface area contributed by atoms with Crippen molar-refractivity contribution in [3.8, 4) is 33.9 Å². The predicted octanol–water partition coefficient (Wildman–Crippen LogP) is 5.85. The number of rotatable bonds is 9. The van der Waals surface area contributed by atoms with E-state index in [-0.39, 0.29) is 5.91 Å². The highest BCUT2D eigenvalue weighted by atomic mass is 16.5. The first-order valence-electron chi connectivity index (χ1n) is 13.8. The average molecular weight is 523 g/mol. The van der Waals surface area contributed by atoms with Gasteiger partial charge in [0.15, 0.2) is 0 Å². The monoisotopic (exact) mass is 522 g/mol. The van der Waals surface area contributed by atoms with Crippen LogP contribution in [0.3, 0.4) is 0 Å². The Bertz CT molecular complexity index is 1520. The molecule has 0 saturated carbocycles. The summed E-state index contributed by atoms with van der Waals surface area (Å²) in [5.41, 5.74) is 6.78. The van der Waals surface area contributed by atoms with Crippen molar-refractivity contribution >= 4 is 22.6 Å². The summed E-state index contributed by atoms with van der Waals surface area (Å²) in [6, 6.07) is 16.5. The van der Waals surface area contributed by atoms with Gasteiger partial charge in [0.25, 0.3) is 0 Å². The number of nitrogens with one attached hydrogen (secondary N) is 1. The molecule has 6 rings (SSSR count). The summed E-state index contributed by atoms with van der Waals surface area (Å²) in [6.45, 7) is 10.8. The Labute approximate surface area is 229 Å². The van der Waals surface area contributed by atoms with E-state index in [4.69, 9.17) is 9.47 Å². The summed E-state index contributed by atoms with van der Waals surface area (Å²) in [5, 5.41) is 0.925. The van der Waals surface area contributed by atoms with Crippen molar-refractivity contribution in [2.45, 2.75) is 26.2 Å². The second kappa shape index (κ2) is 10.9. The molecule has 0 spiro atoms. The largest absolute Gasteiger partial charge is 0.493 e. The van der Waals surface area contributed by atoms with Crippen LogP contribution in [-0.4, -0.2) is 60.2 Å². The molecule has 2 aromatic heterocycles. The number of hydrogen-bond acceptors (Lipinski definition) is 5. The Kier molecular flexibility index (Phi) is 7.07. The van der Waals surface area contributed by atoms with Gasteiger partial charge < -0.3 is 19.4 Å². The van der Waals surface area contributed by atoms with Gasteiger partial charge in [0.1, 0.15) is 23.8 Å². The Balaban J connectivity index is 1.43. The lowest BCUT2D eigenvalue weighted by molar-refractivity contribution is -0.114. The first kappa shape index (κ1) is 25.2. The minimum Gasteiger partial charge on any atom is -0.493 e. The third kappa shape index (κ3) is 4.90. The Morgan fingerprint density at radius 3 is 2.77 bits per heavy atom. The second-order valence-corrected chi connectivity index (χ2v) is 10.1. The molecule has 0 bridgehead atoms. The number of fused-ring (bicyclic) bond motifs is 2. The van der Waals surface area contributed by atoms with Gasteiger partial charge in [0.2, 0.25) is 5.91 Å². The number of likely N-dealkylation sites (tertiary alicyclic amines) is 1. The maximum atomic E-state index is 12.6. The maximum absolute atomic E-state index is 12.6. The van der Waals surface area contributed by atoms with E-state index in [1.54, 1.807) is 11.1 Å². The molecule has 2 aliphatic heterocycles. The van der Waals surface area contributed by atoms with Crippen LogP contribution < -0.4 is 14.4 Å². The third-order valence-electron chi connectivity index (χ3n) is 7.66. The Morgan fingerprint density at radius 1 is 1.08 bits per heavy atom. The van der Waals surface area contributed by atoms with Gasteiger partial charge in [-0.3, -0.25) is 9.69 Å². The highest BCUT2D eigenvalue weighted by Gasteiger charge is 2.26. The van der Waals surface area contributed by atoms with E-state index >= 15 is 0 Å². The Morgan fingerprint density at radius 2 is 1.95 bits per heavy atom. The number of pyridine rings is 1. The first-order valence-corrected chi connectivity index (χ1v) is 13.8. The molecular weight excluding hydrogens is 488 g/mol. The lowest BCUT2D eigenvalue weighted by Gasteiger charge is -2.17. The molecule has 1 N–H and O–H groups in total. The van der Waals surface area contributed by atoms with Crippen molar-refractivity contribution in [3.05, 3.63) is 72.9 Å². The molecule has 1 fully saturated rings. The van der Waals surface area contributed by atoms with Crippen LogP contribution in [0.4, 0.5) is 5.69 Å². The van der Waals surface area contributed by atoms with Gasteiger partial charge in [0, 0.05) is 36.1 Å². The van der Waals surface area contributed by atoms with Crippen molar-refractivity contribution < 1.29 is 14.3 Å². The third-order valence-corrected chi connectivity index (χ3v) is 7.66.